The van der Waals surface area contributed by atoms with Gasteiger partial charge in [0.2, 0.25) is 5.89 Å². The summed E-state index contributed by atoms with van der Waals surface area (Å²) in [6.45, 7) is 3.51. The second-order valence-corrected chi connectivity index (χ2v) is 6.49. The predicted octanol–water partition coefficient (Wildman–Crippen LogP) is 2.36. The number of carbonyl (C=O) groups excluding carboxylic acids is 1. The van der Waals surface area contributed by atoms with Gasteiger partial charge in [-0.3, -0.25) is 4.79 Å². The molecule has 0 unspecified atom stereocenters. The summed E-state index contributed by atoms with van der Waals surface area (Å²) in [6, 6.07) is 7.68. The van der Waals surface area contributed by atoms with Crippen molar-refractivity contribution in [3.63, 3.8) is 0 Å². The molecule has 25 heavy (non-hydrogen) atoms. The molecule has 2 atom stereocenters. The largest absolute Gasteiger partial charge is 0.384 e. The Bertz CT molecular complexity index is 901. The topological polar surface area (TPSA) is 84.2 Å². The summed E-state index contributed by atoms with van der Waals surface area (Å²) in [5.41, 5.74) is 1.71. The number of aromatic nitrogens is 3. The Kier molecular flexibility index (Phi) is 4.01. The molecule has 3 heterocycles. The van der Waals surface area contributed by atoms with E-state index in [4.69, 9.17) is 9.26 Å². The van der Waals surface area contributed by atoms with Crippen molar-refractivity contribution in [1.82, 2.24) is 20.0 Å². The SMILES string of the molecule is COC[C@@H]1CN(C(=O)c2ccc3[nH]ccc3c2)C[C@H]1c1nc(C)no1. The van der Waals surface area contributed by atoms with E-state index < -0.39 is 0 Å². The van der Waals surface area contributed by atoms with E-state index in [9.17, 15) is 4.79 Å². The maximum Gasteiger partial charge on any atom is 0.253 e. The summed E-state index contributed by atoms with van der Waals surface area (Å²) in [5.74, 6) is 1.35. The van der Waals surface area contributed by atoms with E-state index in [1.54, 1.807) is 14.0 Å². The van der Waals surface area contributed by atoms with Gasteiger partial charge in [-0.15, -0.1) is 0 Å². The van der Waals surface area contributed by atoms with Crippen molar-refractivity contribution in [2.45, 2.75) is 12.8 Å². The van der Waals surface area contributed by atoms with Crippen LogP contribution in [0.1, 0.15) is 28.0 Å². The summed E-state index contributed by atoms with van der Waals surface area (Å²) < 4.78 is 10.7. The summed E-state index contributed by atoms with van der Waals surface area (Å²) in [6.07, 6.45) is 1.87. The predicted molar refractivity (Wildman–Crippen MR) is 91.3 cm³/mol. The number of aromatic amines is 1. The maximum absolute atomic E-state index is 13.0. The zero-order valence-electron chi connectivity index (χ0n) is 14.2. The Balaban J connectivity index is 1.58. The van der Waals surface area contributed by atoms with Crippen LogP contribution in [-0.4, -0.2) is 52.7 Å². The molecule has 3 aromatic rings. The van der Waals surface area contributed by atoms with Crippen LogP contribution in [0.2, 0.25) is 0 Å². The molecule has 0 bridgehead atoms. The Morgan fingerprint density at radius 2 is 2.28 bits per heavy atom. The second kappa shape index (κ2) is 6.33. The van der Waals surface area contributed by atoms with E-state index in [0.29, 0.717) is 37.0 Å². The lowest BCUT2D eigenvalue weighted by Gasteiger charge is -2.16. The van der Waals surface area contributed by atoms with E-state index in [-0.39, 0.29) is 17.7 Å². The average Bonchev–Trinajstić information content (AvgIpc) is 3.32. The lowest BCUT2D eigenvalue weighted by Crippen LogP contribution is -2.29. The van der Waals surface area contributed by atoms with Crippen LogP contribution in [0.3, 0.4) is 0 Å². The van der Waals surface area contributed by atoms with Gasteiger partial charge in [-0.2, -0.15) is 4.98 Å². The highest BCUT2D eigenvalue weighted by Crippen LogP contribution is 2.33. The first-order chi connectivity index (χ1) is 12.2. The van der Waals surface area contributed by atoms with Gasteiger partial charge in [0, 0.05) is 48.8 Å². The van der Waals surface area contributed by atoms with E-state index >= 15 is 0 Å². The van der Waals surface area contributed by atoms with Crippen LogP contribution in [0.25, 0.3) is 10.9 Å². The Morgan fingerprint density at radius 1 is 1.40 bits per heavy atom. The van der Waals surface area contributed by atoms with Crippen molar-refractivity contribution in [2.24, 2.45) is 5.92 Å². The standard InChI is InChI=1S/C18H20N4O3/c1-11-20-17(25-21-11)15-9-22(8-14(15)10-24-2)18(23)13-3-4-16-12(7-13)5-6-19-16/h3-7,14-15,19H,8-10H2,1-2H3/t14-,15+/m0/s1. The number of benzene rings is 1. The number of nitrogens with one attached hydrogen (secondary N) is 1. The van der Waals surface area contributed by atoms with Crippen LogP contribution in [0, 0.1) is 12.8 Å². The molecule has 0 radical (unpaired) electrons. The Morgan fingerprint density at radius 3 is 3.04 bits per heavy atom. The summed E-state index contributed by atoms with van der Waals surface area (Å²) in [4.78, 5) is 22.3. The highest BCUT2D eigenvalue weighted by atomic mass is 16.5. The molecule has 1 aromatic carbocycles. The van der Waals surface area contributed by atoms with Crippen LogP contribution >= 0.6 is 0 Å². The fourth-order valence-electron chi connectivity index (χ4n) is 3.53. The van der Waals surface area contributed by atoms with Gasteiger partial charge < -0.3 is 19.1 Å². The van der Waals surface area contributed by atoms with Gasteiger partial charge in [0.25, 0.3) is 5.91 Å². The lowest BCUT2D eigenvalue weighted by molar-refractivity contribution is 0.0775. The van der Waals surface area contributed by atoms with Crippen molar-refractivity contribution in [1.29, 1.82) is 0 Å². The van der Waals surface area contributed by atoms with Gasteiger partial charge >= 0.3 is 0 Å². The molecular formula is C18H20N4O3. The van der Waals surface area contributed by atoms with E-state index in [0.717, 1.165) is 10.9 Å². The van der Waals surface area contributed by atoms with E-state index in [1.807, 2.05) is 35.4 Å². The van der Waals surface area contributed by atoms with Gasteiger partial charge in [-0.25, -0.2) is 0 Å². The highest BCUT2D eigenvalue weighted by molar-refractivity contribution is 5.98. The van der Waals surface area contributed by atoms with Crippen LogP contribution in [-0.2, 0) is 4.74 Å². The molecule has 2 aromatic heterocycles. The maximum atomic E-state index is 13.0. The van der Waals surface area contributed by atoms with Crippen molar-refractivity contribution in [2.75, 3.05) is 26.8 Å². The zero-order valence-corrected chi connectivity index (χ0v) is 14.2. The Labute approximate surface area is 145 Å². The lowest BCUT2D eigenvalue weighted by atomic mass is 9.97. The third-order valence-electron chi connectivity index (χ3n) is 4.77. The smallest absolute Gasteiger partial charge is 0.253 e. The fraction of sp³-hybridized carbons (Fsp3) is 0.389. The van der Waals surface area contributed by atoms with Gasteiger partial charge in [0.05, 0.1) is 12.5 Å². The number of likely N-dealkylation sites (tertiary alicyclic amines) is 1. The number of aryl methyl sites for hydroxylation is 1. The van der Waals surface area contributed by atoms with Crippen LogP contribution in [0.5, 0.6) is 0 Å². The molecule has 0 aliphatic carbocycles. The van der Waals surface area contributed by atoms with Crippen molar-refractivity contribution < 1.29 is 14.1 Å². The third kappa shape index (κ3) is 2.91. The molecule has 1 aliphatic heterocycles. The summed E-state index contributed by atoms with van der Waals surface area (Å²) in [5, 5.41) is 4.91. The first-order valence-corrected chi connectivity index (χ1v) is 8.31. The summed E-state index contributed by atoms with van der Waals surface area (Å²) >= 11 is 0. The molecule has 0 saturated carbocycles. The monoisotopic (exact) mass is 340 g/mol. The van der Waals surface area contributed by atoms with Crippen molar-refractivity contribution >= 4 is 16.8 Å². The first-order valence-electron chi connectivity index (χ1n) is 8.31. The molecule has 1 aliphatic rings. The number of rotatable bonds is 4. The molecule has 0 spiro atoms. The number of hydrogen-bond donors (Lipinski definition) is 1. The van der Waals surface area contributed by atoms with Crippen LogP contribution in [0.4, 0.5) is 0 Å². The quantitative estimate of drug-likeness (QED) is 0.788. The van der Waals surface area contributed by atoms with Crippen molar-refractivity contribution in [3.8, 4) is 0 Å². The average molecular weight is 340 g/mol. The molecule has 7 heteroatoms. The number of hydrogen-bond acceptors (Lipinski definition) is 5. The molecule has 4 rings (SSSR count). The van der Waals surface area contributed by atoms with E-state index in [2.05, 4.69) is 15.1 Å². The van der Waals surface area contributed by atoms with Gasteiger partial charge in [-0.05, 0) is 31.2 Å². The third-order valence-corrected chi connectivity index (χ3v) is 4.77. The molecule has 1 saturated heterocycles. The number of methoxy groups -OCH3 is 1. The van der Waals surface area contributed by atoms with Gasteiger partial charge in [0.15, 0.2) is 5.82 Å². The number of fused-ring (bicyclic) bond motifs is 1. The van der Waals surface area contributed by atoms with E-state index in [1.165, 1.54) is 0 Å². The minimum Gasteiger partial charge on any atom is -0.384 e. The number of carbonyl (C=O) groups is 1. The normalized spacial score (nSPS) is 20.5. The first kappa shape index (κ1) is 15.8. The highest BCUT2D eigenvalue weighted by Gasteiger charge is 2.39. The Hall–Kier alpha value is -2.67. The van der Waals surface area contributed by atoms with Gasteiger partial charge in [-0.1, -0.05) is 5.16 Å². The van der Waals surface area contributed by atoms with Gasteiger partial charge in [0.1, 0.15) is 0 Å². The molecule has 1 amide bonds. The molecule has 130 valence electrons. The molecule has 1 N–H and O–H groups in total. The molecule has 7 nitrogen and oxygen atoms in total. The van der Waals surface area contributed by atoms with Crippen LogP contribution in [0.15, 0.2) is 35.0 Å². The number of amides is 1. The number of ether oxygens (including phenoxy) is 1. The number of nitrogens with zero attached hydrogens (tertiary/aromatic N) is 3. The molecular weight excluding hydrogens is 320 g/mol. The zero-order chi connectivity index (χ0) is 17.4. The minimum atomic E-state index is 0.00101. The van der Waals surface area contributed by atoms with Crippen molar-refractivity contribution in [3.05, 3.63) is 47.7 Å². The summed E-state index contributed by atoms with van der Waals surface area (Å²) in [7, 11) is 1.67. The van der Waals surface area contributed by atoms with Crippen LogP contribution < -0.4 is 0 Å². The molecule has 1 fully saturated rings. The minimum absolute atomic E-state index is 0.00101. The fourth-order valence-corrected chi connectivity index (χ4v) is 3.53. The second-order valence-electron chi connectivity index (χ2n) is 6.49. The number of H-pyrrole nitrogens is 1.